The van der Waals surface area contributed by atoms with Crippen LogP contribution in [0.3, 0.4) is 0 Å². The van der Waals surface area contributed by atoms with Gasteiger partial charge in [-0.25, -0.2) is 0 Å². The van der Waals surface area contributed by atoms with Crippen molar-refractivity contribution in [2.45, 2.75) is 18.9 Å². The second kappa shape index (κ2) is 4.62. The van der Waals surface area contributed by atoms with Gasteiger partial charge in [0.05, 0.1) is 6.07 Å². The smallest absolute Gasteiger partial charge is 0.129 e. The van der Waals surface area contributed by atoms with Crippen molar-refractivity contribution in [1.29, 1.82) is 5.26 Å². The molecule has 1 aliphatic rings. The van der Waals surface area contributed by atoms with Gasteiger partial charge in [-0.2, -0.15) is 5.26 Å². The fraction of sp³-hybridized carbons (Fsp3) is 0.312. The van der Waals surface area contributed by atoms with Crippen LogP contribution in [-0.4, -0.2) is 11.7 Å². The number of rotatable bonds is 2. The highest BCUT2D eigenvalue weighted by atomic mass is 32.1. The van der Waals surface area contributed by atoms with Gasteiger partial charge in [-0.05, 0) is 30.0 Å². The quantitative estimate of drug-likeness (QED) is 0.922. The first-order chi connectivity index (χ1) is 9.59. The molecule has 0 saturated carbocycles. The molecule has 0 saturated heterocycles. The summed E-state index contributed by atoms with van der Waals surface area (Å²) in [6.45, 7) is 1.91. The van der Waals surface area contributed by atoms with E-state index in [0.717, 1.165) is 16.2 Å². The lowest BCUT2D eigenvalue weighted by atomic mass is 9.68. The van der Waals surface area contributed by atoms with Crippen LogP contribution >= 0.6 is 11.3 Å². The molecule has 0 bridgehead atoms. The maximum atomic E-state index is 11.0. The third-order valence-electron chi connectivity index (χ3n) is 4.09. The van der Waals surface area contributed by atoms with Crippen LogP contribution < -0.4 is 4.74 Å². The average molecular weight is 285 g/mol. The van der Waals surface area contributed by atoms with Crippen molar-refractivity contribution in [2.24, 2.45) is 5.41 Å². The summed E-state index contributed by atoms with van der Waals surface area (Å²) in [5.74, 6) is 0.806. The molecule has 3 nitrogen and oxygen atoms in total. The molecule has 1 aliphatic heterocycles. The molecule has 2 aromatic rings. The Morgan fingerprint density at radius 3 is 2.85 bits per heavy atom. The molecule has 1 N–H and O–H groups in total. The third-order valence-corrected chi connectivity index (χ3v) is 5.17. The summed E-state index contributed by atoms with van der Waals surface area (Å²) in [6, 6.07) is 13.8. The molecular formula is C16H15NO2S. The Kier molecular flexibility index (Phi) is 3.04. The Balaban J connectivity index is 2.05. The van der Waals surface area contributed by atoms with Crippen LogP contribution in [0.5, 0.6) is 5.75 Å². The maximum Gasteiger partial charge on any atom is 0.129 e. The summed E-state index contributed by atoms with van der Waals surface area (Å²) < 4.78 is 5.74. The van der Waals surface area contributed by atoms with Gasteiger partial charge in [0, 0.05) is 11.3 Å². The van der Waals surface area contributed by atoms with Crippen LogP contribution in [0.1, 0.15) is 17.4 Å². The number of aliphatic hydroxyl groups is 1. The summed E-state index contributed by atoms with van der Waals surface area (Å²) in [4.78, 5) is 0.794. The largest absolute Gasteiger partial charge is 0.491 e. The van der Waals surface area contributed by atoms with Crippen molar-refractivity contribution in [3.63, 3.8) is 0 Å². The Morgan fingerprint density at radius 1 is 1.35 bits per heavy atom. The zero-order valence-electron chi connectivity index (χ0n) is 11.2. The number of hydrogen-bond acceptors (Lipinski definition) is 4. The maximum absolute atomic E-state index is 11.0. The van der Waals surface area contributed by atoms with E-state index in [0.29, 0.717) is 6.42 Å². The van der Waals surface area contributed by atoms with Gasteiger partial charge in [0.1, 0.15) is 23.4 Å². The Morgan fingerprint density at radius 2 is 2.15 bits per heavy atom. The Hall–Kier alpha value is -1.83. The molecule has 2 heterocycles. The monoisotopic (exact) mass is 285 g/mol. The lowest BCUT2D eigenvalue weighted by Crippen LogP contribution is -2.49. The molecule has 0 amide bonds. The van der Waals surface area contributed by atoms with Crippen LogP contribution in [0.4, 0.5) is 0 Å². The van der Waals surface area contributed by atoms with E-state index in [1.165, 1.54) is 11.3 Å². The molecule has 0 spiro atoms. The van der Waals surface area contributed by atoms with E-state index in [-0.39, 0.29) is 6.61 Å². The number of ether oxygens (including phenoxy) is 1. The molecule has 102 valence electrons. The number of benzene rings is 1. The predicted molar refractivity (Wildman–Crippen MR) is 77.6 cm³/mol. The van der Waals surface area contributed by atoms with Gasteiger partial charge < -0.3 is 9.84 Å². The first kappa shape index (κ1) is 13.2. The van der Waals surface area contributed by atoms with E-state index in [1.807, 2.05) is 41.8 Å². The molecule has 2 atom stereocenters. The van der Waals surface area contributed by atoms with Crippen LogP contribution in [0, 0.1) is 16.7 Å². The highest BCUT2D eigenvalue weighted by Gasteiger charge is 2.52. The average Bonchev–Trinajstić information content (AvgIpc) is 3.01. The highest BCUT2D eigenvalue weighted by Crippen LogP contribution is 2.47. The molecule has 1 aromatic heterocycles. The lowest BCUT2D eigenvalue weighted by Gasteiger charge is -2.42. The van der Waals surface area contributed by atoms with Crippen molar-refractivity contribution >= 4 is 11.3 Å². The van der Waals surface area contributed by atoms with Crippen LogP contribution in [-0.2, 0) is 12.0 Å². The Labute approximate surface area is 122 Å². The van der Waals surface area contributed by atoms with Crippen LogP contribution in [0.15, 0.2) is 41.8 Å². The molecule has 0 fully saturated rings. The van der Waals surface area contributed by atoms with Crippen LogP contribution in [0.2, 0.25) is 0 Å². The molecule has 20 heavy (non-hydrogen) atoms. The first-order valence-electron chi connectivity index (χ1n) is 6.47. The van der Waals surface area contributed by atoms with E-state index in [2.05, 4.69) is 6.07 Å². The van der Waals surface area contributed by atoms with E-state index in [9.17, 15) is 10.4 Å². The zero-order valence-corrected chi connectivity index (χ0v) is 12.0. The highest BCUT2D eigenvalue weighted by molar-refractivity contribution is 7.10. The number of nitrogens with zero attached hydrogens (tertiary/aromatic N) is 1. The van der Waals surface area contributed by atoms with Gasteiger partial charge in [0.2, 0.25) is 0 Å². The second-order valence-electron chi connectivity index (χ2n) is 5.32. The first-order valence-corrected chi connectivity index (χ1v) is 7.35. The van der Waals surface area contributed by atoms with Gasteiger partial charge in [0.15, 0.2) is 0 Å². The number of fused-ring (bicyclic) bond motifs is 1. The molecule has 0 radical (unpaired) electrons. The normalized spacial score (nSPS) is 24.1. The van der Waals surface area contributed by atoms with Crippen molar-refractivity contribution in [2.75, 3.05) is 6.61 Å². The van der Waals surface area contributed by atoms with Crippen molar-refractivity contribution < 1.29 is 9.84 Å². The molecular weight excluding hydrogens is 270 g/mol. The molecule has 2 unspecified atom stereocenters. The van der Waals surface area contributed by atoms with Crippen molar-refractivity contribution in [1.82, 2.24) is 0 Å². The molecule has 3 rings (SSSR count). The summed E-state index contributed by atoms with van der Waals surface area (Å²) in [5.41, 5.74) is -1.23. The number of hydrogen-bond donors (Lipinski definition) is 1. The SMILES string of the molecule is CC(O)(c1cccs1)C1(C#N)COc2ccccc2C1. The number of para-hydroxylation sites is 1. The van der Waals surface area contributed by atoms with E-state index in [1.54, 1.807) is 6.92 Å². The topological polar surface area (TPSA) is 53.2 Å². The minimum absolute atomic E-state index is 0.200. The van der Waals surface area contributed by atoms with E-state index < -0.39 is 11.0 Å². The van der Waals surface area contributed by atoms with Gasteiger partial charge >= 0.3 is 0 Å². The van der Waals surface area contributed by atoms with Crippen LogP contribution in [0.25, 0.3) is 0 Å². The van der Waals surface area contributed by atoms with Crippen molar-refractivity contribution in [3.05, 3.63) is 52.2 Å². The van der Waals surface area contributed by atoms with Crippen molar-refractivity contribution in [3.8, 4) is 11.8 Å². The summed E-state index contributed by atoms with van der Waals surface area (Å²) in [6.07, 6.45) is 0.491. The van der Waals surface area contributed by atoms with Gasteiger partial charge in [0.25, 0.3) is 0 Å². The van der Waals surface area contributed by atoms with E-state index >= 15 is 0 Å². The lowest BCUT2D eigenvalue weighted by molar-refractivity contribution is -0.0695. The second-order valence-corrected chi connectivity index (χ2v) is 6.26. The summed E-state index contributed by atoms with van der Waals surface area (Å²) in [7, 11) is 0. The van der Waals surface area contributed by atoms with Gasteiger partial charge in [-0.1, -0.05) is 24.3 Å². The number of nitriles is 1. The molecule has 0 aliphatic carbocycles. The molecule has 1 aromatic carbocycles. The Bertz CT molecular complexity index is 657. The standard InChI is InChI=1S/C16H15NO2S/c1-15(18,14-7-4-8-20-14)16(10-17)9-12-5-2-3-6-13(12)19-11-16/h2-8,18H,9,11H2,1H3. The number of thiophene rings is 1. The van der Waals surface area contributed by atoms with E-state index in [4.69, 9.17) is 4.74 Å². The minimum Gasteiger partial charge on any atom is -0.491 e. The fourth-order valence-corrected chi connectivity index (χ4v) is 3.54. The zero-order chi connectivity index (χ0) is 14.2. The van der Waals surface area contributed by atoms with Gasteiger partial charge in [-0.15, -0.1) is 11.3 Å². The summed E-state index contributed by atoms with van der Waals surface area (Å²) >= 11 is 1.46. The fourth-order valence-electron chi connectivity index (χ4n) is 2.65. The van der Waals surface area contributed by atoms with Gasteiger partial charge in [-0.3, -0.25) is 0 Å². The third kappa shape index (κ3) is 1.82. The predicted octanol–water partition coefficient (Wildman–Crippen LogP) is 3.10. The minimum atomic E-state index is -1.23. The molecule has 4 heteroatoms. The summed E-state index contributed by atoms with van der Waals surface area (Å²) in [5, 5.41) is 22.6.